The Balaban J connectivity index is 2.06. The number of hydrogen-bond acceptors (Lipinski definition) is 4. The minimum Gasteiger partial charge on any atom is -0.475 e. The van der Waals surface area contributed by atoms with Gasteiger partial charge in [0.2, 0.25) is 12.0 Å². The summed E-state index contributed by atoms with van der Waals surface area (Å²) in [5, 5.41) is 18.6. The van der Waals surface area contributed by atoms with Crippen LogP contribution in [0, 0.1) is 0 Å². The monoisotopic (exact) mass is 326 g/mol. The Morgan fingerprint density at radius 1 is 1.32 bits per heavy atom. The molecule has 1 aliphatic rings. The largest absolute Gasteiger partial charge is 0.475 e. The van der Waals surface area contributed by atoms with Crippen molar-refractivity contribution in [2.45, 2.75) is 31.5 Å². The Kier molecular flexibility index (Phi) is 6.24. The second-order valence-electron chi connectivity index (χ2n) is 5.08. The molecule has 1 aliphatic heterocycles. The lowest BCUT2D eigenvalue weighted by atomic mass is 9.93. The Morgan fingerprint density at radius 2 is 2.05 bits per heavy atom. The van der Waals surface area contributed by atoms with Gasteiger partial charge in [-0.05, 0) is 36.6 Å². The summed E-state index contributed by atoms with van der Waals surface area (Å²) in [6.45, 7) is 0.536. The van der Waals surface area contributed by atoms with Crippen LogP contribution in [0.3, 0.4) is 0 Å². The van der Waals surface area contributed by atoms with E-state index in [1.54, 1.807) is 18.2 Å². The van der Waals surface area contributed by atoms with Gasteiger partial charge >= 0.3 is 5.97 Å². The lowest BCUT2D eigenvalue weighted by Gasteiger charge is -2.28. The smallest absolute Gasteiger partial charge is 0.370 e. The number of halogens is 1. The van der Waals surface area contributed by atoms with Crippen LogP contribution in [0.1, 0.15) is 30.7 Å². The first-order valence-electron chi connectivity index (χ1n) is 7.20. The first-order chi connectivity index (χ1) is 10.6. The normalized spacial score (nSPS) is 21.1. The zero-order valence-electron chi connectivity index (χ0n) is 12.1. The fourth-order valence-corrected chi connectivity index (χ4v) is 2.41. The first kappa shape index (κ1) is 16.8. The zero-order chi connectivity index (χ0) is 15.9. The third-order valence-electron chi connectivity index (χ3n) is 3.42. The van der Waals surface area contributed by atoms with Crippen molar-refractivity contribution in [3.63, 3.8) is 0 Å². The molecule has 1 heterocycles. The van der Waals surface area contributed by atoms with Crippen LogP contribution >= 0.6 is 11.6 Å². The van der Waals surface area contributed by atoms with Crippen molar-refractivity contribution in [3.05, 3.63) is 46.7 Å². The van der Waals surface area contributed by atoms with Gasteiger partial charge in [-0.2, -0.15) is 0 Å². The Morgan fingerprint density at radius 3 is 2.68 bits per heavy atom. The van der Waals surface area contributed by atoms with Crippen molar-refractivity contribution >= 4 is 17.6 Å². The fraction of sp³-hybridized carbons (Fsp3) is 0.438. The average Bonchev–Trinajstić information content (AvgIpc) is 2.52. The molecule has 0 aliphatic carbocycles. The summed E-state index contributed by atoms with van der Waals surface area (Å²) in [4.78, 5) is 11.2. The highest BCUT2D eigenvalue weighted by atomic mass is 35.5. The van der Waals surface area contributed by atoms with Gasteiger partial charge in [0.1, 0.15) is 0 Å². The van der Waals surface area contributed by atoms with Gasteiger partial charge in [-0.15, -0.1) is 0 Å². The van der Waals surface area contributed by atoms with Crippen molar-refractivity contribution in [1.82, 2.24) is 0 Å². The summed E-state index contributed by atoms with van der Waals surface area (Å²) in [6.07, 6.45) is 2.88. The fourth-order valence-electron chi connectivity index (χ4n) is 2.28. The molecule has 5 nitrogen and oxygen atoms in total. The van der Waals surface area contributed by atoms with Crippen molar-refractivity contribution in [3.8, 4) is 0 Å². The van der Waals surface area contributed by atoms with Crippen LogP contribution in [0.15, 0.2) is 36.1 Å². The Labute approximate surface area is 134 Å². The van der Waals surface area contributed by atoms with E-state index in [0.29, 0.717) is 30.9 Å². The Hall–Kier alpha value is -1.56. The number of carboxylic acid groups (broad SMARTS) is 1. The molecule has 6 heteroatoms. The molecule has 0 radical (unpaired) electrons. The maximum Gasteiger partial charge on any atom is 0.370 e. The molecule has 120 valence electrons. The van der Waals surface area contributed by atoms with Crippen LogP contribution in [-0.4, -0.2) is 35.7 Å². The van der Waals surface area contributed by atoms with E-state index in [2.05, 4.69) is 0 Å². The van der Waals surface area contributed by atoms with Gasteiger partial charge in [0.25, 0.3) is 0 Å². The second kappa shape index (κ2) is 8.17. The molecule has 22 heavy (non-hydrogen) atoms. The van der Waals surface area contributed by atoms with Crippen LogP contribution in [-0.2, 0) is 14.3 Å². The van der Waals surface area contributed by atoms with E-state index in [0.717, 1.165) is 5.56 Å². The number of rotatable bonds is 7. The van der Waals surface area contributed by atoms with Crippen LogP contribution < -0.4 is 0 Å². The predicted molar refractivity (Wildman–Crippen MR) is 81.7 cm³/mol. The van der Waals surface area contributed by atoms with E-state index in [1.807, 2.05) is 12.1 Å². The topological polar surface area (TPSA) is 76.0 Å². The van der Waals surface area contributed by atoms with E-state index in [-0.39, 0.29) is 18.3 Å². The summed E-state index contributed by atoms with van der Waals surface area (Å²) < 4.78 is 10.9. The van der Waals surface area contributed by atoms with Crippen molar-refractivity contribution in [2.75, 3.05) is 13.2 Å². The highest BCUT2D eigenvalue weighted by Gasteiger charge is 2.28. The van der Waals surface area contributed by atoms with Crippen molar-refractivity contribution in [2.24, 2.45) is 0 Å². The van der Waals surface area contributed by atoms with Gasteiger partial charge in [-0.1, -0.05) is 23.7 Å². The molecule has 0 fully saturated rings. The summed E-state index contributed by atoms with van der Waals surface area (Å²) in [7, 11) is 0. The highest BCUT2D eigenvalue weighted by Crippen LogP contribution is 2.32. The highest BCUT2D eigenvalue weighted by molar-refractivity contribution is 6.30. The number of benzene rings is 1. The number of allylic oxidation sites excluding steroid dienone is 1. The first-order valence-corrected chi connectivity index (χ1v) is 7.57. The van der Waals surface area contributed by atoms with Crippen LogP contribution in [0.4, 0.5) is 0 Å². The zero-order valence-corrected chi connectivity index (χ0v) is 12.8. The number of hydrogen-bond donors (Lipinski definition) is 2. The third kappa shape index (κ3) is 4.73. The van der Waals surface area contributed by atoms with E-state index in [4.69, 9.17) is 26.2 Å². The van der Waals surface area contributed by atoms with Crippen LogP contribution in [0.25, 0.3) is 0 Å². The van der Waals surface area contributed by atoms with Crippen molar-refractivity contribution in [1.29, 1.82) is 0 Å². The molecule has 0 bridgehead atoms. The quantitative estimate of drug-likeness (QED) is 0.753. The van der Waals surface area contributed by atoms with Gasteiger partial charge in [0.05, 0.1) is 6.61 Å². The standard InChI is InChI=1S/C16H19ClO5/c17-13-5-3-11(4-6-13)12-9-14(16(19)20)22-15(10-12)21-8-2-1-7-18/h3-6,9,12,15,18H,1-2,7-8,10H2,(H,19,20)/t12-,15+/m1/s1. The summed E-state index contributed by atoms with van der Waals surface area (Å²) in [6, 6.07) is 7.30. The van der Waals surface area contributed by atoms with Gasteiger partial charge in [-0.25, -0.2) is 4.79 Å². The van der Waals surface area contributed by atoms with E-state index in [1.165, 1.54) is 0 Å². The molecule has 2 rings (SSSR count). The van der Waals surface area contributed by atoms with E-state index < -0.39 is 12.3 Å². The van der Waals surface area contributed by atoms with E-state index >= 15 is 0 Å². The summed E-state index contributed by atoms with van der Waals surface area (Å²) >= 11 is 5.88. The molecule has 0 amide bonds. The molecule has 2 N–H and O–H groups in total. The maximum atomic E-state index is 11.2. The molecular weight excluding hydrogens is 308 g/mol. The SMILES string of the molecule is O=C(O)C1=C[C@@H](c2ccc(Cl)cc2)C[C@@H](OCCCCO)O1. The molecular formula is C16H19ClO5. The van der Waals surface area contributed by atoms with Gasteiger partial charge in [0, 0.05) is 24.0 Å². The minimum atomic E-state index is -1.11. The lowest BCUT2D eigenvalue weighted by molar-refractivity contribution is -0.157. The molecule has 0 saturated heterocycles. The molecule has 0 spiro atoms. The van der Waals surface area contributed by atoms with Crippen molar-refractivity contribution < 1.29 is 24.5 Å². The molecule has 0 saturated carbocycles. The average molecular weight is 327 g/mol. The van der Waals surface area contributed by atoms with Gasteiger partial charge < -0.3 is 19.7 Å². The Bertz CT molecular complexity index is 526. The molecule has 1 aromatic rings. The molecule has 0 aromatic heterocycles. The number of carboxylic acids is 1. The van der Waals surface area contributed by atoms with E-state index in [9.17, 15) is 9.90 Å². The number of ether oxygens (including phenoxy) is 2. The second-order valence-corrected chi connectivity index (χ2v) is 5.52. The van der Waals surface area contributed by atoms with Gasteiger partial charge in [0.15, 0.2) is 0 Å². The number of aliphatic hydroxyl groups is 1. The van der Waals surface area contributed by atoms with Gasteiger partial charge in [-0.3, -0.25) is 0 Å². The molecule has 2 atom stereocenters. The minimum absolute atomic E-state index is 0.0973. The predicted octanol–water partition coefficient (Wildman–Crippen LogP) is 2.93. The van der Waals surface area contributed by atoms with Crippen LogP contribution in [0.5, 0.6) is 0 Å². The number of aliphatic carboxylic acids is 1. The molecule has 1 aromatic carbocycles. The maximum absolute atomic E-state index is 11.2. The summed E-state index contributed by atoms with van der Waals surface area (Å²) in [5.74, 6) is -1.30. The molecule has 0 unspecified atom stereocenters. The lowest BCUT2D eigenvalue weighted by Crippen LogP contribution is -2.27. The number of carbonyl (C=O) groups is 1. The third-order valence-corrected chi connectivity index (χ3v) is 3.67. The number of aliphatic hydroxyl groups excluding tert-OH is 1. The summed E-state index contributed by atoms with van der Waals surface area (Å²) in [5.41, 5.74) is 0.968. The van der Waals surface area contributed by atoms with Crippen LogP contribution in [0.2, 0.25) is 5.02 Å². The number of unbranched alkanes of at least 4 members (excludes halogenated alkanes) is 1.